The van der Waals surface area contributed by atoms with E-state index in [9.17, 15) is 13.2 Å². The van der Waals surface area contributed by atoms with Crippen molar-refractivity contribution in [1.82, 2.24) is 9.10 Å². The summed E-state index contributed by atoms with van der Waals surface area (Å²) in [6.07, 6.45) is 2.19. The standard InChI is InChI=1S/C8H10N2O3S2/c11-8(7-4-5-14-9-7)10-15(12,13)6-2-1-3-6/h4-6H,1-3H2,(H,10,11). The fourth-order valence-corrected chi connectivity index (χ4v) is 3.27. The van der Waals surface area contributed by atoms with Gasteiger partial charge in [-0.05, 0) is 30.4 Å². The first-order chi connectivity index (χ1) is 7.09. The van der Waals surface area contributed by atoms with E-state index in [4.69, 9.17) is 0 Å². The molecule has 0 aromatic carbocycles. The molecule has 1 fully saturated rings. The summed E-state index contributed by atoms with van der Waals surface area (Å²) >= 11 is 1.12. The lowest BCUT2D eigenvalue weighted by Crippen LogP contribution is -2.41. The topological polar surface area (TPSA) is 76.1 Å². The smallest absolute Gasteiger partial charge is 0.266 e. The molecule has 5 nitrogen and oxygen atoms in total. The highest BCUT2D eigenvalue weighted by molar-refractivity contribution is 7.90. The summed E-state index contributed by atoms with van der Waals surface area (Å²) in [6.45, 7) is 0. The molecule has 0 unspecified atom stereocenters. The van der Waals surface area contributed by atoms with E-state index in [0.717, 1.165) is 18.0 Å². The van der Waals surface area contributed by atoms with Gasteiger partial charge >= 0.3 is 0 Å². The van der Waals surface area contributed by atoms with Crippen molar-refractivity contribution in [2.75, 3.05) is 0 Å². The average Bonchev–Trinajstić information content (AvgIpc) is 2.48. The summed E-state index contributed by atoms with van der Waals surface area (Å²) in [4.78, 5) is 11.4. The first-order valence-electron chi connectivity index (χ1n) is 4.56. The van der Waals surface area contributed by atoms with Gasteiger partial charge in [0.1, 0.15) is 5.69 Å². The highest BCUT2D eigenvalue weighted by Gasteiger charge is 2.32. The van der Waals surface area contributed by atoms with Crippen molar-refractivity contribution >= 4 is 27.5 Å². The molecule has 0 aliphatic heterocycles. The maximum atomic E-state index is 11.6. The van der Waals surface area contributed by atoms with Gasteiger partial charge in [0.25, 0.3) is 5.91 Å². The molecule has 0 bridgehead atoms. The van der Waals surface area contributed by atoms with Crippen LogP contribution in [-0.4, -0.2) is 23.9 Å². The fourth-order valence-electron chi connectivity index (χ4n) is 1.28. The SMILES string of the molecule is O=C(NS(=O)(=O)C1CCC1)c1ccsn1. The Morgan fingerprint density at radius 3 is 2.73 bits per heavy atom. The molecule has 0 saturated heterocycles. The monoisotopic (exact) mass is 246 g/mol. The predicted octanol–water partition coefficient (Wildman–Crippen LogP) is 0.755. The van der Waals surface area contributed by atoms with E-state index in [2.05, 4.69) is 4.37 Å². The van der Waals surface area contributed by atoms with Gasteiger partial charge in [-0.15, -0.1) is 0 Å². The van der Waals surface area contributed by atoms with Crippen molar-refractivity contribution in [3.05, 3.63) is 17.1 Å². The maximum Gasteiger partial charge on any atom is 0.284 e. The van der Waals surface area contributed by atoms with E-state index < -0.39 is 21.2 Å². The lowest BCUT2D eigenvalue weighted by molar-refractivity contribution is 0.0977. The van der Waals surface area contributed by atoms with E-state index in [0.29, 0.717) is 12.8 Å². The largest absolute Gasteiger partial charge is 0.284 e. The van der Waals surface area contributed by atoms with Gasteiger partial charge in [0.05, 0.1) is 5.25 Å². The number of sulfonamides is 1. The second-order valence-corrected chi connectivity index (χ2v) is 6.04. The normalized spacial score (nSPS) is 17.1. The second kappa shape index (κ2) is 3.90. The molecular formula is C8H10N2O3S2. The Balaban J connectivity index is 2.05. The lowest BCUT2D eigenvalue weighted by Gasteiger charge is -2.24. The number of aromatic nitrogens is 1. The van der Waals surface area contributed by atoms with Crippen LogP contribution in [0.1, 0.15) is 29.8 Å². The third-order valence-corrected chi connectivity index (χ3v) is 4.78. The minimum Gasteiger partial charge on any atom is -0.266 e. The van der Waals surface area contributed by atoms with Crippen molar-refractivity contribution in [1.29, 1.82) is 0 Å². The zero-order chi connectivity index (χ0) is 10.9. The molecule has 1 aromatic heterocycles. The molecule has 1 aliphatic carbocycles. The van der Waals surface area contributed by atoms with E-state index in [1.165, 1.54) is 6.07 Å². The first-order valence-corrected chi connectivity index (χ1v) is 6.94. The number of nitrogens with one attached hydrogen (secondary N) is 1. The average molecular weight is 246 g/mol. The van der Waals surface area contributed by atoms with Gasteiger partial charge in [-0.2, -0.15) is 4.37 Å². The van der Waals surface area contributed by atoms with Crippen molar-refractivity contribution < 1.29 is 13.2 Å². The van der Waals surface area contributed by atoms with Crippen molar-refractivity contribution in [3.63, 3.8) is 0 Å². The molecule has 15 heavy (non-hydrogen) atoms. The van der Waals surface area contributed by atoms with Crippen LogP contribution in [0.2, 0.25) is 0 Å². The fraction of sp³-hybridized carbons (Fsp3) is 0.500. The Bertz CT molecular complexity index is 448. The zero-order valence-electron chi connectivity index (χ0n) is 7.84. The van der Waals surface area contributed by atoms with Crippen LogP contribution in [0.15, 0.2) is 11.4 Å². The van der Waals surface area contributed by atoms with Crippen molar-refractivity contribution in [3.8, 4) is 0 Å². The summed E-state index contributed by atoms with van der Waals surface area (Å²) in [7, 11) is -3.48. The summed E-state index contributed by atoms with van der Waals surface area (Å²) in [5.74, 6) is -0.636. The number of hydrogen-bond acceptors (Lipinski definition) is 5. The van der Waals surface area contributed by atoms with Crippen molar-refractivity contribution in [2.24, 2.45) is 0 Å². The summed E-state index contributed by atoms with van der Waals surface area (Å²) in [6, 6.07) is 1.50. The van der Waals surface area contributed by atoms with Gasteiger partial charge in [-0.25, -0.2) is 13.1 Å². The maximum absolute atomic E-state index is 11.6. The molecule has 0 spiro atoms. The molecule has 1 heterocycles. The van der Waals surface area contributed by atoms with Gasteiger partial charge in [-0.3, -0.25) is 4.79 Å². The molecular weight excluding hydrogens is 236 g/mol. The van der Waals surface area contributed by atoms with E-state index in [-0.39, 0.29) is 5.69 Å². The summed E-state index contributed by atoms with van der Waals surface area (Å²) in [5, 5.41) is 1.23. The van der Waals surface area contributed by atoms with E-state index >= 15 is 0 Å². The molecule has 2 rings (SSSR count). The first kappa shape index (κ1) is 10.6. The van der Waals surface area contributed by atoms with Gasteiger partial charge in [0.15, 0.2) is 0 Å². The molecule has 1 amide bonds. The lowest BCUT2D eigenvalue weighted by atomic mass is 10.0. The number of rotatable bonds is 3. The van der Waals surface area contributed by atoms with Gasteiger partial charge in [0.2, 0.25) is 10.0 Å². The quantitative estimate of drug-likeness (QED) is 0.854. The Labute approximate surface area is 91.7 Å². The third kappa shape index (κ3) is 2.18. The highest BCUT2D eigenvalue weighted by atomic mass is 32.2. The number of amides is 1. The molecule has 1 N–H and O–H groups in total. The van der Waals surface area contributed by atoms with Crippen LogP contribution in [0.3, 0.4) is 0 Å². The van der Waals surface area contributed by atoms with Crippen LogP contribution in [0, 0.1) is 0 Å². The number of carbonyl (C=O) groups excluding carboxylic acids is 1. The summed E-state index contributed by atoms with van der Waals surface area (Å²) in [5.41, 5.74) is 0.155. The van der Waals surface area contributed by atoms with Crippen LogP contribution < -0.4 is 4.72 Å². The minimum atomic E-state index is -3.48. The molecule has 1 aliphatic rings. The number of carbonyl (C=O) groups is 1. The van der Waals surface area contributed by atoms with Crippen LogP contribution >= 0.6 is 11.5 Å². The zero-order valence-corrected chi connectivity index (χ0v) is 9.47. The number of hydrogen-bond donors (Lipinski definition) is 1. The van der Waals surface area contributed by atoms with Crippen LogP contribution in [0.4, 0.5) is 0 Å². The Morgan fingerprint density at radius 1 is 1.53 bits per heavy atom. The molecule has 0 atom stereocenters. The molecule has 0 radical (unpaired) electrons. The third-order valence-electron chi connectivity index (χ3n) is 2.40. The minimum absolute atomic E-state index is 0.155. The molecule has 82 valence electrons. The van der Waals surface area contributed by atoms with Crippen LogP contribution in [0.5, 0.6) is 0 Å². The Morgan fingerprint density at radius 2 is 2.27 bits per heavy atom. The van der Waals surface area contributed by atoms with E-state index in [1.54, 1.807) is 5.38 Å². The van der Waals surface area contributed by atoms with Crippen LogP contribution in [-0.2, 0) is 10.0 Å². The van der Waals surface area contributed by atoms with Crippen molar-refractivity contribution in [2.45, 2.75) is 24.5 Å². The Kier molecular flexibility index (Phi) is 2.74. The number of nitrogens with zero attached hydrogens (tertiary/aromatic N) is 1. The predicted molar refractivity (Wildman–Crippen MR) is 56.1 cm³/mol. The molecule has 1 saturated carbocycles. The van der Waals surface area contributed by atoms with Gasteiger partial charge in [0, 0.05) is 5.38 Å². The second-order valence-electron chi connectivity index (χ2n) is 3.41. The van der Waals surface area contributed by atoms with Gasteiger partial charge < -0.3 is 0 Å². The van der Waals surface area contributed by atoms with E-state index in [1.807, 2.05) is 4.72 Å². The summed E-state index contributed by atoms with van der Waals surface area (Å²) < 4.78 is 28.9. The Hall–Kier alpha value is -0.950. The van der Waals surface area contributed by atoms with Crippen LogP contribution in [0.25, 0.3) is 0 Å². The highest BCUT2D eigenvalue weighted by Crippen LogP contribution is 2.25. The molecule has 1 aromatic rings. The van der Waals surface area contributed by atoms with Gasteiger partial charge in [-0.1, -0.05) is 6.42 Å². The molecule has 7 heteroatoms.